The molecule has 67 heavy (non-hydrogen) atoms. The largest absolute Gasteiger partial charge is 0.497 e. The molecule has 17 heteroatoms. The molecule has 2 aromatic heterocycles. The Balaban J connectivity index is 0.000000335. The number of aromatic nitrogens is 2. The van der Waals surface area contributed by atoms with E-state index in [1.807, 2.05) is 37.2 Å². The van der Waals surface area contributed by atoms with E-state index in [0.717, 1.165) is 41.6 Å². The number of rotatable bonds is 14. The second-order valence-corrected chi connectivity index (χ2v) is 20.5. The average Bonchev–Trinajstić information content (AvgIpc) is 3.74. The number of carbonyl (C=O) groups is 3. The van der Waals surface area contributed by atoms with Crippen molar-refractivity contribution in [3.63, 3.8) is 0 Å². The van der Waals surface area contributed by atoms with Crippen molar-refractivity contribution < 1.29 is 33.3 Å². The van der Waals surface area contributed by atoms with E-state index in [-0.39, 0.29) is 36.0 Å². The Morgan fingerprint density at radius 2 is 1.76 bits per heavy atom. The summed E-state index contributed by atoms with van der Waals surface area (Å²) in [4.78, 5) is 64.3. The molecule has 3 fully saturated rings. The lowest BCUT2D eigenvalue weighted by Crippen LogP contribution is -2.47. The van der Waals surface area contributed by atoms with E-state index in [2.05, 4.69) is 73.2 Å². The summed E-state index contributed by atoms with van der Waals surface area (Å²) in [5.74, 6) is 1.11. The molecule has 4 aromatic rings. The number of hydrogen-bond acceptors (Lipinski definition) is 12. The maximum absolute atomic E-state index is 13.3. The standard InChI is InChI=1S/C19H24N3O3P.C16H17N3O2S.C6H12O.C4H10.C3H5NO2.C2H6/c1-3-16-11-19(16,21-18(23)17-9-6-10-22(17)2)26(24,25)13-15-8-5-4-7-14(15)12-20;1-9(2)17-16-19-14(8-22-16)13-7-15(20)11-5-4-10(21-3)6-12(11)18-13;1-7-6-4-2-3-5-6;1-4(2)3;5-2-1-4-3-6;1-2/h3-5,7-8,16-17H,1,6,9-11,13H2,2H3,(H,21,23)(H,24,25);4-9H,1-3H3,(H,17,19)(H,18,20);6H,2-5H2,1H3;4H,1-3H3;2-3H,1H2,(H,4,6);1-2H3/t16?,17?,19-;;;;;/m0...../s1. The summed E-state index contributed by atoms with van der Waals surface area (Å²) in [6.07, 6.45) is 10.6. The van der Waals surface area contributed by atoms with Gasteiger partial charge in [0, 0.05) is 42.0 Å². The van der Waals surface area contributed by atoms with Gasteiger partial charge in [-0.25, -0.2) is 4.98 Å². The number of pyridine rings is 1. The van der Waals surface area contributed by atoms with Crippen LogP contribution < -0.4 is 26.1 Å². The molecule has 0 bridgehead atoms. The number of ether oxygens (including phenoxy) is 2. The highest BCUT2D eigenvalue weighted by molar-refractivity contribution is 7.59. The molecule has 4 atom stereocenters. The van der Waals surface area contributed by atoms with Gasteiger partial charge in [0.25, 0.3) is 0 Å². The van der Waals surface area contributed by atoms with Gasteiger partial charge in [-0.2, -0.15) is 5.26 Å². The average molecular weight is 964 g/mol. The highest BCUT2D eigenvalue weighted by atomic mass is 32.1. The van der Waals surface area contributed by atoms with Crippen LogP contribution in [0.25, 0.3) is 22.3 Å². The Kier molecular flexibility index (Phi) is 25.6. The number of nitrogens with one attached hydrogen (secondary N) is 4. The number of nitrogens with zero attached hydrogens (tertiary/aromatic N) is 3. The Hall–Kier alpha value is -5.17. The molecule has 2 saturated carbocycles. The van der Waals surface area contributed by atoms with Gasteiger partial charge in [0.05, 0.1) is 60.5 Å². The fourth-order valence-corrected chi connectivity index (χ4v) is 10.6. The van der Waals surface area contributed by atoms with E-state index >= 15 is 0 Å². The lowest BCUT2D eigenvalue weighted by Gasteiger charge is -2.28. The number of nitriles is 1. The van der Waals surface area contributed by atoms with Crippen molar-refractivity contribution in [2.24, 2.45) is 11.8 Å². The zero-order valence-electron chi connectivity index (χ0n) is 41.1. The van der Waals surface area contributed by atoms with Crippen LogP contribution in [0, 0.1) is 23.2 Å². The number of aromatic amines is 1. The first-order chi connectivity index (χ1) is 32.0. The number of carbonyl (C=O) groups excluding carboxylic acids is 3. The number of benzene rings is 2. The van der Waals surface area contributed by atoms with Crippen molar-refractivity contribution in [3.05, 3.63) is 87.9 Å². The zero-order chi connectivity index (χ0) is 50.2. The minimum absolute atomic E-state index is 0.0298. The molecular formula is C50H74N7O8PS. The van der Waals surface area contributed by atoms with Gasteiger partial charge in [-0.3, -0.25) is 23.8 Å². The van der Waals surface area contributed by atoms with E-state index < -0.39 is 12.6 Å². The third-order valence-electron chi connectivity index (χ3n) is 10.7. The first-order valence-electron chi connectivity index (χ1n) is 23.0. The molecule has 3 aliphatic rings. The fourth-order valence-electron chi connectivity index (χ4n) is 7.29. The third-order valence-corrected chi connectivity index (χ3v) is 14.1. The Morgan fingerprint density at radius 3 is 2.27 bits per heavy atom. The molecule has 368 valence electrons. The summed E-state index contributed by atoms with van der Waals surface area (Å²) >= 11 is 1.52. The topological polar surface area (TPSA) is 216 Å². The summed E-state index contributed by atoms with van der Waals surface area (Å²) in [5.41, 5.74) is 3.09. The van der Waals surface area contributed by atoms with Gasteiger partial charge in [0.15, 0.2) is 10.6 Å². The van der Waals surface area contributed by atoms with Crippen LogP contribution in [0.15, 0.2) is 71.4 Å². The summed E-state index contributed by atoms with van der Waals surface area (Å²) in [5, 5.41) is 19.8. The molecule has 1 saturated heterocycles. The minimum atomic E-state index is -3.81. The molecule has 2 amide bonds. The number of hydrogen-bond donors (Lipinski definition) is 5. The first-order valence-corrected chi connectivity index (χ1v) is 25.7. The molecule has 3 unspecified atom stereocenters. The molecular weight excluding hydrogens is 890 g/mol. The summed E-state index contributed by atoms with van der Waals surface area (Å²) in [6, 6.07) is 15.9. The van der Waals surface area contributed by atoms with Gasteiger partial charge < -0.3 is 40.1 Å². The number of methoxy groups -OCH3 is 2. The van der Waals surface area contributed by atoms with E-state index in [1.54, 1.807) is 62.8 Å². The van der Waals surface area contributed by atoms with Crippen molar-refractivity contribution in [2.45, 2.75) is 123 Å². The van der Waals surface area contributed by atoms with Crippen molar-refractivity contribution in [2.75, 3.05) is 39.7 Å². The lowest BCUT2D eigenvalue weighted by molar-refractivity contribution is -0.125. The maximum atomic E-state index is 13.3. The van der Waals surface area contributed by atoms with Gasteiger partial charge in [-0.15, -0.1) is 17.9 Å². The van der Waals surface area contributed by atoms with Gasteiger partial charge in [0.2, 0.25) is 19.7 Å². The second-order valence-electron chi connectivity index (χ2n) is 17.1. The predicted octanol–water partition coefficient (Wildman–Crippen LogP) is 9.12. The van der Waals surface area contributed by atoms with Crippen molar-refractivity contribution in [3.8, 4) is 23.2 Å². The molecule has 2 aliphatic carbocycles. The van der Waals surface area contributed by atoms with Crippen LogP contribution >= 0.6 is 18.7 Å². The van der Waals surface area contributed by atoms with Crippen LogP contribution in [-0.2, 0) is 29.8 Å². The number of fused-ring (bicyclic) bond motifs is 1. The van der Waals surface area contributed by atoms with Crippen molar-refractivity contribution >= 4 is 53.3 Å². The summed E-state index contributed by atoms with van der Waals surface area (Å²) < 4.78 is 23.6. The van der Waals surface area contributed by atoms with Gasteiger partial charge in [-0.1, -0.05) is 71.7 Å². The minimum Gasteiger partial charge on any atom is -0.497 e. The molecule has 0 radical (unpaired) electrons. The highest BCUT2D eigenvalue weighted by Gasteiger charge is 2.65. The van der Waals surface area contributed by atoms with Gasteiger partial charge >= 0.3 is 0 Å². The van der Waals surface area contributed by atoms with E-state index in [9.17, 15) is 33.9 Å². The molecule has 1 aliphatic heterocycles. The quantitative estimate of drug-likeness (QED) is 0.0346. The number of H-pyrrole nitrogens is 1. The number of aldehydes is 1. The number of anilines is 1. The first kappa shape index (κ1) is 58.0. The molecule has 2 aromatic carbocycles. The zero-order valence-corrected chi connectivity index (χ0v) is 42.8. The van der Waals surface area contributed by atoms with Crippen LogP contribution in [0.1, 0.15) is 105 Å². The molecule has 7 rings (SSSR count). The van der Waals surface area contributed by atoms with Crippen molar-refractivity contribution in [1.82, 2.24) is 25.5 Å². The number of likely N-dealkylation sites (tertiary alicyclic amines) is 1. The Labute approximate surface area is 401 Å². The monoisotopic (exact) mass is 964 g/mol. The maximum Gasteiger partial charge on any atom is 0.238 e. The molecule has 5 N–H and O–H groups in total. The van der Waals surface area contributed by atoms with Gasteiger partial charge in [0.1, 0.15) is 17.3 Å². The Bertz CT molecular complexity index is 2290. The summed E-state index contributed by atoms with van der Waals surface area (Å²) in [7, 11) is 1.49. The molecule has 0 spiro atoms. The predicted molar refractivity (Wildman–Crippen MR) is 272 cm³/mol. The lowest BCUT2D eigenvalue weighted by atomic mass is 10.1. The van der Waals surface area contributed by atoms with Gasteiger partial charge in [-0.05, 0) is 89.2 Å². The van der Waals surface area contributed by atoms with Crippen LogP contribution in [0.5, 0.6) is 5.75 Å². The SMILES string of the molecule is C=CC1C[C@]1(NC(=O)C1CCCN1C)P(=O)(O)Cc1ccccc1C#N.CC.CC(C)C.COC1CCCC1.COc1ccc2c(=O)cc(-c3csc(NC(C)C)n3)[nH]c2c1.O=CCNC=O. The van der Waals surface area contributed by atoms with Crippen molar-refractivity contribution in [1.29, 1.82) is 5.26 Å². The third kappa shape index (κ3) is 18.1. The van der Waals surface area contributed by atoms with Crippen LogP contribution in [0.3, 0.4) is 0 Å². The fraction of sp³-hybridized carbons (Fsp3) is 0.520. The van der Waals surface area contributed by atoms with Crippen LogP contribution in [0.2, 0.25) is 0 Å². The highest BCUT2D eigenvalue weighted by Crippen LogP contribution is 2.71. The Morgan fingerprint density at radius 1 is 1.09 bits per heavy atom. The summed E-state index contributed by atoms with van der Waals surface area (Å²) in [6.45, 7) is 19.3. The van der Waals surface area contributed by atoms with Crippen LogP contribution in [0.4, 0.5) is 5.13 Å². The number of thiazole rings is 1. The number of amides is 2. The van der Waals surface area contributed by atoms with E-state index in [0.29, 0.717) is 59.2 Å². The van der Waals surface area contributed by atoms with E-state index in [1.165, 1.54) is 37.0 Å². The molecule has 15 nitrogen and oxygen atoms in total. The second kappa shape index (κ2) is 29.6. The molecule has 3 heterocycles. The van der Waals surface area contributed by atoms with Crippen LogP contribution in [-0.4, -0.2) is 96.2 Å². The smallest absolute Gasteiger partial charge is 0.238 e. The normalized spacial score (nSPS) is 19.0. The van der Waals surface area contributed by atoms with E-state index in [4.69, 9.17) is 9.47 Å². The number of likely N-dealkylation sites (N-methyl/N-ethyl adjacent to an activating group) is 1.